The van der Waals surface area contributed by atoms with Gasteiger partial charge in [0.25, 0.3) is 0 Å². The Balaban J connectivity index is 0. The first-order valence-electron chi connectivity index (χ1n) is 5.93. The maximum atomic E-state index is 9.75. The summed E-state index contributed by atoms with van der Waals surface area (Å²) < 4.78 is 39.0. The van der Waals surface area contributed by atoms with E-state index < -0.39 is 7.25 Å². The number of hydrogen-bond donors (Lipinski definition) is 1. The summed E-state index contributed by atoms with van der Waals surface area (Å²) in [5.74, 6) is 0. The lowest BCUT2D eigenvalue weighted by molar-refractivity contribution is -0.858. The summed E-state index contributed by atoms with van der Waals surface area (Å²) in [6.45, 7) is 3.61. The van der Waals surface area contributed by atoms with Crippen LogP contribution in [0.4, 0.5) is 17.3 Å². The fourth-order valence-corrected chi connectivity index (χ4v) is 1.26. The molecule has 0 amide bonds. The van der Waals surface area contributed by atoms with Crippen molar-refractivity contribution in [3.63, 3.8) is 0 Å². The number of quaternary nitrogens is 1. The number of halogens is 4. The van der Waals surface area contributed by atoms with Gasteiger partial charge in [-0.1, -0.05) is 32.6 Å². The van der Waals surface area contributed by atoms with Crippen LogP contribution >= 0.6 is 0 Å². The Morgan fingerprint density at radius 2 is 1.19 bits per heavy atom. The molecule has 0 radical (unpaired) electrons. The zero-order valence-corrected chi connectivity index (χ0v) is 10.5. The van der Waals surface area contributed by atoms with Crippen LogP contribution in [-0.2, 0) is 0 Å². The third-order valence-corrected chi connectivity index (χ3v) is 2.03. The number of nitrogens with one attached hydrogen (secondary N) is 1. The highest BCUT2D eigenvalue weighted by atomic mass is 19.5. The van der Waals surface area contributed by atoms with Crippen molar-refractivity contribution in [2.45, 2.75) is 45.4 Å². The molecule has 0 aliphatic heterocycles. The molecule has 16 heavy (non-hydrogen) atoms. The fourth-order valence-electron chi connectivity index (χ4n) is 1.26. The zero-order chi connectivity index (χ0) is 13.0. The van der Waals surface area contributed by atoms with Crippen LogP contribution in [0.2, 0.25) is 0 Å². The largest absolute Gasteiger partial charge is 0.673 e. The first-order valence-corrected chi connectivity index (χ1v) is 5.93. The molecule has 0 fully saturated rings. The van der Waals surface area contributed by atoms with Crippen molar-refractivity contribution in [2.24, 2.45) is 0 Å². The van der Waals surface area contributed by atoms with E-state index in [1.165, 1.54) is 45.1 Å². The van der Waals surface area contributed by atoms with Gasteiger partial charge < -0.3 is 22.2 Å². The van der Waals surface area contributed by atoms with Gasteiger partial charge in [0.1, 0.15) is 0 Å². The molecule has 0 aromatic rings. The molecule has 1 N–H and O–H groups in total. The van der Waals surface area contributed by atoms with Crippen molar-refractivity contribution in [1.29, 1.82) is 0 Å². The van der Waals surface area contributed by atoms with Crippen LogP contribution in [0.1, 0.15) is 45.4 Å². The first kappa shape index (κ1) is 18.1. The summed E-state index contributed by atoms with van der Waals surface area (Å²) in [5.41, 5.74) is 0. The molecule has 0 aromatic carbocycles. The summed E-state index contributed by atoms with van der Waals surface area (Å²) in [5, 5.41) is 0. The van der Waals surface area contributed by atoms with E-state index in [1.807, 2.05) is 0 Å². The van der Waals surface area contributed by atoms with E-state index in [4.69, 9.17) is 0 Å². The molecule has 0 atom stereocenters. The smallest absolute Gasteiger partial charge is 0.418 e. The molecule has 0 unspecified atom stereocenters. The van der Waals surface area contributed by atoms with E-state index in [2.05, 4.69) is 21.0 Å². The molecule has 0 bridgehead atoms. The summed E-state index contributed by atoms with van der Waals surface area (Å²) in [6.07, 6.45) is 8.52. The standard InChI is InChI=1S/C10H23N.BF4/c1-4-5-6-7-8-9-10-11(2)3;2-1(3,4)5/h4-10H2,1-3H3;/q;-1/p+1. The highest BCUT2D eigenvalue weighted by molar-refractivity contribution is 6.50. The molecule has 100 valence electrons. The van der Waals surface area contributed by atoms with E-state index in [0.29, 0.717) is 0 Å². The molecular weight excluding hydrogens is 221 g/mol. The van der Waals surface area contributed by atoms with Crippen molar-refractivity contribution < 1.29 is 22.2 Å². The first-order chi connectivity index (χ1) is 7.27. The predicted molar refractivity (Wildman–Crippen MR) is 61.2 cm³/mol. The van der Waals surface area contributed by atoms with E-state index in [0.717, 1.165) is 0 Å². The maximum Gasteiger partial charge on any atom is 0.673 e. The van der Waals surface area contributed by atoms with Crippen LogP contribution in [0.3, 0.4) is 0 Å². The van der Waals surface area contributed by atoms with Gasteiger partial charge in [-0.25, -0.2) is 0 Å². The van der Waals surface area contributed by atoms with Gasteiger partial charge in [0.15, 0.2) is 0 Å². The monoisotopic (exact) mass is 245 g/mol. The number of rotatable bonds is 7. The van der Waals surface area contributed by atoms with Crippen LogP contribution < -0.4 is 4.90 Å². The Morgan fingerprint density at radius 1 is 0.812 bits per heavy atom. The molecule has 0 saturated carbocycles. The molecule has 1 nitrogen and oxygen atoms in total. The molecule has 0 saturated heterocycles. The molecule has 0 aliphatic carbocycles. The Hall–Kier alpha value is -0.255. The lowest BCUT2D eigenvalue weighted by atomic mass is 10.1. The molecule has 0 heterocycles. The van der Waals surface area contributed by atoms with Crippen molar-refractivity contribution in [3.05, 3.63) is 0 Å². The minimum Gasteiger partial charge on any atom is -0.418 e. The van der Waals surface area contributed by atoms with Gasteiger partial charge in [-0.05, 0) is 12.8 Å². The maximum absolute atomic E-state index is 9.75. The van der Waals surface area contributed by atoms with Crippen molar-refractivity contribution in [3.8, 4) is 0 Å². The minimum atomic E-state index is -6.00. The summed E-state index contributed by atoms with van der Waals surface area (Å²) in [6, 6.07) is 0. The van der Waals surface area contributed by atoms with Crippen molar-refractivity contribution >= 4 is 7.25 Å². The fraction of sp³-hybridized carbons (Fsp3) is 1.00. The normalized spacial score (nSPS) is 11.2. The second-order valence-electron chi connectivity index (χ2n) is 4.22. The minimum absolute atomic E-state index is 1.34. The van der Waals surface area contributed by atoms with E-state index in [9.17, 15) is 17.3 Å². The van der Waals surface area contributed by atoms with Crippen LogP contribution in [0.5, 0.6) is 0 Å². The second-order valence-corrected chi connectivity index (χ2v) is 4.22. The van der Waals surface area contributed by atoms with Gasteiger partial charge in [-0.15, -0.1) is 0 Å². The Labute approximate surface area is 96.3 Å². The Bertz CT molecular complexity index is 133. The van der Waals surface area contributed by atoms with Crippen LogP contribution in [0.25, 0.3) is 0 Å². The number of unbranched alkanes of at least 4 members (excludes halogenated alkanes) is 5. The van der Waals surface area contributed by atoms with Crippen LogP contribution in [0.15, 0.2) is 0 Å². The third-order valence-electron chi connectivity index (χ3n) is 2.03. The molecule has 0 rings (SSSR count). The average molecular weight is 245 g/mol. The SMILES string of the molecule is CCCCCCCC[NH+](C)C.F[B-](F)(F)F. The summed E-state index contributed by atoms with van der Waals surface area (Å²) in [7, 11) is -1.54. The number of hydrogen-bond acceptors (Lipinski definition) is 0. The molecular formula is C10H24BF4N. The van der Waals surface area contributed by atoms with Crippen LogP contribution in [-0.4, -0.2) is 27.9 Å². The van der Waals surface area contributed by atoms with Gasteiger partial charge in [-0.3, -0.25) is 0 Å². The van der Waals surface area contributed by atoms with Gasteiger partial charge in [-0.2, -0.15) is 0 Å². The molecule has 6 heteroatoms. The highest BCUT2D eigenvalue weighted by Crippen LogP contribution is 2.06. The van der Waals surface area contributed by atoms with Gasteiger partial charge in [0, 0.05) is 0 Å². The zero-order valence-electron chi connectivity index (χ0n) is 10.5. The second kappa shape index (κ2) is 11.2. The van der Waals surface area contributed by atoms with Crippen molar-refractivity contribution in [1.82, 2.24) is 0 Å². The van der Waals surface area contributed by atoms with Gasteiger partial charge in [0.05, 0.1) is 20.6 Å². The topological polar surface area (TPSA) is 4.44 Å². The highest BCUT2D eigenvalue weighted by Gasteiger charge is 2.20. The molecule has 0 aliphatic rings. The molecule has 0 aromatic heterocycles. The Morgan fingerprint density at radius 3 is 1.56 bits per heavy atom. The Kier molecular flexibility index (Phi) is 12.7. The predicted octanol–water partition coefficient (Wildman–Crippen LogP) is 2.79. The lowest BCUT2D eigenvalue weighted by Gasteiger charge is -2.05. The van der Waals surface area contributed by atoms with Crippen LogP contribution in [0, 0.1) is 0 Å². The molecule has 0 spiro atoms. The average Bonchev–Trinajstić information content (AvgIpc) is 2.08. The van der Waals surface area contributed by atoms with E-state index >= 15 is 0 Å². The third kappa shape index (κ3) is 37.2. The summed E-state index contributed by atoms with van der Waals surface area (Å²) >= 11 is 0. The van der Waals surface area contributed by atoms with E-state index in [1.54, 1.807) is 4.90 Å². The van der Waals surface area contributed by atoms with Gasteiger partial charge in [0.2, 0.25) is 0 Å². The van der Waals surface area contributed by atoms with Gasteiger partial charge >= 0.3 is 7.25 Å². The van der Waals surface area contributed by atoms with Crippen molar-refractivity contribution in [2.75, 3.05) is 20.6 Å². The van der Waals surface area contributed by atoms with E-state index in [-0.39, 0.29) is 0 Å². The quantitative estimate of drug-likeness (QED) is 0.399. The summed E-state index contributed by atoms with van der Waals surface area (Å²) in [4.78, 5) is 1.58. The lowest BCUT2D eigenvalue weighted by Crippen LogP contribution is -3.05.